The summed E-state index contributed by atoms with van der Waals surface area (Å²) >= 11 is 0. The Bertz CT molecular complexity index is 1380. The zero-order chi connectivity index (χ0) is 28.3. The number of likely N-dealkylation sites (N-methyl/N-ethyl adjacent to an activating group) is 1. The minimum Gasteiger partial charge on any atom is -0.368 e. The molecule has 2 amide bonds. The smallest absolute Gasteiger partial charge is 0.292 e. The molecule has 3 heterocycles. The van der Waals surface area contributed by atoms with E-state index in [1.165, 1.54) is 6.08 Å². The van der Waals surface area contributed by atoms with Crippen molar-refractivity contribution in [2.24, 2.45) is 0 Å². The van der Waals surface area contributed by atoms with Crippen molar-refractivity contribution in [2.75, 3.05) is 25.0 Å². The third-order valence-corrected chi connectivity index (χ3v) is 7.11. The van der Waals surface area contributed by atoms with Crippen molar-refractivity contribution in [1.82, 2.24) is 25.3 Å². The van der Waals surface area contributed by atoms with E-state index >= 15 is 4.39 Å². The predicted octanol–water partition coefficient (Wildman–Crippen LogP) is 4.42. The van der Waals surface area contributed by atoms with Gasteiger partial charge in [0.25, 0.3) is 11.7 Å². The van der Waals surface area contributed by atoms with Crippen LogP contribution in [-0.4, -0.2) is 58.0 Å². The number of hydrogen-bond acceptors (Lipinski definition) is 7. The Kier molecular flexibility index (Phi) is 8.13. The third kappa shape index (κ3) is 6.00. The van der Waals surface area contributed by atoms with E-state index in [9.17, 15) is 9.59 Å². The lowest BCUT2D eigenvalue weighted by Gasteiger charge is -2.39. The molecule has 1 atom stereocenters. The van der Waals surface area contributed by atoms with E-state index in [0.717, 1.165) is 30.6 Å². The summed E-state index contributed by atoms with van der Waals surface area (Å²) in [5.41, 5.74) is 2.69. The van der Waals surface area contributed by atoms with Gasteiger partial charge >= 0.3 is 0 Å². The van der Waals surface area contributed by atoms with Crippen LogP contribution in [0.15, 0.2) is 47.8 Å². The van der Waals surface area contributed by atoms with Crippen LogP contribution in [0.2, 0.25) is 0 Å². The molecule has 1 N–H and O–H groups in total. The molecule has 1 saturated heterocycles. The van der Waals surface area contributed by atoms with E-state index < -0.39 is 5.91 Å². The maximum atomic E-state index is 15.8. The summed E-state index contributed by atoms with van der Waals surface area (Å²) in [7, 11) is 1.78. The van der Waals surface area contributed by atoms with Gasteiger partial charge in [-0.2, -0.15) is 4.98 Å². The molecule has 39 heavy (non-hydrogen) atoms. The summed E-state index contributed by atoms with van der Waals surface area (Å²) in [6.07, 6.45) is 6.49. The van der Waals surface area contributed by atoms with Crippen LogP contribution in [0.4, 0.5) is 10.1 Å². The second-order valence-corrected chi connectivity index (χ2v) is 10.9. The zero-order valence-corrected chi connectivity index (χ0v) is 23.1. The van der Waals surface area contributed by atoms with Crippen molar-refractivity contribution in [3.8, 4) is 11.1 Å². The number of nitrogens with zero attached hydrogens (tertiary/aromatic N) is 5. The van der Waals surface area contributed by atoms with Crippen molar-refractivity contribution in [3.05, 3.63) is 71.9 Å². The monoisotopic (exact) mass is 534 g/mol. The molecule has 3 aromatic rings. The second-order valence-electron chi connectivity index (χ2n) is 10.9. The number of amides is 2. The highest BCUT2D eigenvalue weighted by Crippen LogP contribution is 2.35. The largest absolute Gasteiger partial charge is 0.368 e. The first kappa shape index (κ1) is 27.9. The standard InChI is InChI=1S/C29H35FN6O3/c1-7-24(37)35(6)20-9-8-14-36(17-20)23-16-31-13-12-21(23)22-11-10-19(18(2)25(22)30)15-32-27(38)26-33-28(39-34-26)29(3,4)5/h7,10-13,16,20H,1,8-9,14-15,17H2,2-6H3,(H,32,38). The van der Waals surface area contributed by atoms with Gasteiger partial charge in [0, 0.05) is 55.5 Å². The molecule has 2 aromatic heterocycles. The normalized spacial score (nSPS) is 15.6. The molecule has 206 valence electrons. The first-order valence-electron chi connectivity index (χ1n) is 13.0. The number of hydrogen-bond donors (Lipinski definition) is 1. The fraction of sp³-hybridized carbons (Fsp3) is 0.414. The first-order valence-corrected chi connectivity index (χ1v) is 13.0. The molecular formula is C29H35FN6O3. The number of halogens is 1. The third-order valence-electron chi connectivity index (χ3n) is 7.11. The van der Waals surface area contributed by atoms with Crippen molar-refractivity contribution in [1.29, 1.82) is 0 Å². The average Bonchev–Trinajstić information content (AvgIpc) is 3.44. The van der Waals surface area contributed by atoms with Crippen LogP contribution >= 0.6 is 0 Å². The minimum absolute atomic E-state index is 0.0218. The Labute approximate surface area is 228 Å². The number of piperidine rings is 1. The van der Waals surface area contributed by atoms with Crippen LogP contribution in [0.3, 0.4) is 0 Å². The molecular weight excluding hydrogens is 499 g/mol. The lowest BCUT2D eigenvalue weighted by molar-refractivity contribution is -0.126. The molecule has 0 saturated carbocycles. The van der Waals surface area contributed by atoms with Gasteiger partial charge in [-0.15, -0.1) is 0 Å². The number of nitrogens with one attached hydrogen (secondary N) is 1. The van der Waals surface area contributed by atoms with Gasteiger partial charge in [-0.05, 0) is 43.0 Å². The quantitative estimate of drug-likeness (QED) is 0.448. The summed E-state index contributed by atoms with van der Waals surface area (Å²) in [6.45, 7) is 12.5. The molecule has 1 aliphatic rings. The Morgan fingerprint density at radius 1 is 1.28 bits per heavy atom. The van der Waals surface area contributed by atoms with Crippen LogP contribution in [0.1, 0.15) is 61.2 Å². The molecule has 1 fully saturated rings. The van der Waals surface area contributed by atoms with Gasteiger partial charge in [0.1, 0.15) is 5.82 Å². The van der Waals surface area contributed by atoms with E-state index in [1.807, 2.05) is 26.8 Å². The number of pyridine rings is 1. The fourth-order valence-electron chi connectivity index (χ4n) is 4.68. The molecule has 0 radical (unpaired) electrons. The Hall–Kier alpha value is -4.08. The average molecular weight is 535 g/mol. The van der Waals surface area contributed by atoms with Gasteiger partial charge in [0.05, 0.1) is 11.9 Å². The van der Waals surface area contributed by atoms with Gasteiger partial charge in [-0.1, -0.05) is 44.6 Å². The van der Waals surface area contributed by atoms with Crippen LogP contribution in [0.5, 0.6) is 0 Å². The predicted molar refractivity (Wildman–Crippen MR) is 147 cm³/mol. The van der Waals surface area contributed by atoms with Crippen molar-refractivity contribution < 1.29 is 18.5 Å². The zero-order valence-electron chi connectivity index (χ0n) is 23.1. The molecule has 1 unspecified atom stereocenters. The summed E-state index contributed by atoms with van der Waals surface area (Å²) in [4.78, 5) is 37.1. The van der Waals surface area contributed by atoms with Crippen LogP contribution < -0.4 is 10.2 Å². The maximum absolute atomic E-state index is 15.8. The number of aromatic nitrogens is 3. The van der Waals surface area contributed by atoms with Crippen molar-refractivity contribution >= 4 is 17.5 Å². The summed E-state index contributed by atoms with van der Waals surface area (Å²) in [6, 6.07) is 5.36. The van der Waals surface area contributed by atoms with Gasteiger partial charge < -0.3 is 19.6 Å². The Morgan fingerprint density at radius 2 is 2.05 bits per heavy atom. The lowest BCUT2D eigenvalue weighted by Crippen LogP contribution is -2.48. The summed E-state index contributed by atoms with van der Waals surface area (Å²) in [5, 5.41) is 6.52. The molecule has 0 spiro atoms. The number of anilines is 1. The van der Waals surface area contributed by atoms with Gasteiger partial charge in [-0.3, -0.25) is 14.6 Å². The van der Waals surface area contributed by atoms with Gasteiger partial charge in [0.15, 0.2) is 0 Å². The number of rotatable bonds is 7. The molecule has 0 aliphatic carbocycles. The number of benzene rings is 1. The van der Waals surface area contributed by atoms with E-state index in [0.29, 0.717) is 29.1 Å². The minimum atomic E-state index is -0.492. The van der Waals surface area contributed by atoms with Crippen molar-refractivity contribution in [2.45, 2.75) is 58.5 Å². The highest BCUT2D eigenvalue weighted by molar-refractivity contribution is 5.90. The first-order chi connectivity index (χ1) is 18.5. The SMILES string of the molecule is C=CC(=O)N(C)C1CCCN(c2cnccc2-c2ccc(CNC(=O)c3noc(C(C)(C)C)n3)c(C)c2F)C1. The fourth-order valence-corrected chi connectivity index (χ4v) is 4.68. The summed E-state index contributed by atoms with van der Waals surface area (Å²) in [5.74, 6) is -0.667. The highest BCUT2D eigenvalue weighted by Gasteiger charge is 2.28. The Balaban J connectivity index is 1.53. The maximum Gasteiger partial charge on any atom is 0.292 e. The van der Waals surface area contributed by atoms with Crippen LogP contribution in [-0.2, 0) is 16.8 Å². The number of carbonyl (C=O) groups excluding carboxylic acids is 2. The molecule has 10 heteroatoms. The Morgan fingerprint density at radius 3 is 2.74 bits per heavy atom. The molecule has 9 nitrogen and oxygen atoms in total. The van der Waals surface area contributed by atoms with E-state index in [1.54, 1.807) is 43.4 Å². The van der Waals surface area contributed by atoms with Crippen LogP contribution in [0, 0.1) is 12.7 Å². The van der Waals surface area contributed by atoms with E-state index in [-0.39, 0.29) is 35.6 Å². The molecule has 0 bridgehead atoms. The molecule has 4 rings (SSSR count). The lowest BCUT2D eigenvalue weighted by atomic mass is 9.96. The van der Waals surface area contributed by atoms with Gasteiger partial charge in [0.2, 0.25) is 11.8 Å². The van der Waals surface area contributed by atoms with Crippen LogP contribution in [0.25, 0.3) is 11.1 Å². The molecule has 1 aliphatic heterocycles. The number of carbonyl (C=O) groups is 2. The summed E-state index contributed by atoms with van der Waals surface area (Å²) < 4.78 is 21.0. The van der Waals surface area contributed by atoms with E-state index in [2.05, 4.69) is 31.9 Å². The second kappa shape index (κ2) is 11.3. The highest BCUT2D eigenvalue weighted by atomic mass is 19.1. The van der Waals surface area contributed by atoms with Crippen molar-refractivity contribution in [3.63, 3.8) is 0 Å². The van der Waals surface area contributed by atoms with E-state index in [4.69, 9.17) is 4.52 Å². The topological polar surface area (TPSA) is 104 Å². The molecule has 1 aromatic carbocycles. The van der Waals surface area contributed by atoms with Gasteiger partial charge in [-0.25, -0.2) is 4.39 Å².